The van der Waals surface area contributed by atoms with Crippen molar-refractivity contribution in [2.75, 3.05) is 5.32 Å². The summed E-state index contributed by atoms with van der Waals surface area (Å²) in [6.07, 6.45) is 5.24. The minimum Gasteiger partial charge on any atom is -0.506 e. The summed E-state index contributed by atoms with van der Waals surface area (Å²) >= 11 is 0. The molecule has 0 aromatic heterocycles. The molecule has 0 aliphatic heterocycles. The maximum absolute atomic E-state index is 9.73. The van der Waals surface area contributed by atoms with Crippen molar-refractivity contribution < 1.29 is 5.11 Å². The number of rotatable bonds is 2. The van der Waals surface area contributed by atoms with E-state index < -0.39 is 0 Å². The normalized spacial score (nSPS) is 9.44. The monoisotopic (exact) mass is 209 g/mol. The highest BCUT2D eigenvalue weighted by molar-refractivity contribution is 5.67. The first kappa shape index (κ1) is 10.1. The molecule has 0 aliphatic carbocycles. The van der Waals surface area contributed by atoms with Gasteiger partial charge in [0.25, 0.3) is 0 Å². The Kier molecular flexibility index (Phi) is 2.79. The van der Waals surface area contributed by atoms with E-state index in [1.807, 2.05) is 30.3 Å². The van der Waals surface area contributed by atoms with Crippen LogP contribution in [0.3, 0.4) is 0 Å². The van der Waals surface area contributed by atoms with Crippen molar-refractivity contribution in [1.82, 2.24) is 0 Å². The van der Waals surface area contributed by atoms with Gasteiger partial charge in [-0.2, -0.15) is 0 Å². The van der Waals surface area contributed by atoms with Crippen LogP contribution in [0.25, 0.3) is 0 Å². The zero-order valence-electron chi connectivity index (χ0n) is 8.64. The van der Waals surface area contributed by atoms with Crippen LogP contribution in [0, 0.1) is 12.3 Å². The van der Waals surface area contributed by atoms with Gasteiger partial charge in [0.15, 0.2) is 0 Å². The van der Waals surface area contributed by atoms with Crippen molar-refractivity contribution >= 4 is 11.4 Å². The predicted octanol–water partition coefficient (Wildman–Crippen LogP) is 3.12. The fraction of sp³-hybridized carbons (Fsp3) is 0. The third kappa shape index (κ3) is 2.15. The Morgan fingerprint density at radius 3 is 2.44 bits per heavy atom. The minimum absolute atomic E-state index is 0.152. The van der Waals surface area contributed by atoms with E-state index in [1.165, 1.54) is 0 Å². The number of hydrogen-bond acceptors (Lipinski definition) is 2. The molecule has 2 aromatic rings. The van der Waals surface area contributed by atoms with E-state index >= 15 is 0 Å². The van der Waals surface area contributed by atoms with Gasteiger partial charge in [0.1, 0.15) is 5.75 Å². The molecule has 0 atom stereocenters. The van der Waals surface area contributed by atoms with Gasteiger partial charge in [-0.05, 0) is 30.3 Å². The number of benzene rings is 2. The number of phenolic OH excluding ortho intramolecular Hbond substituents is 1. The summed E-state index contributed by atoms with van der Waals surface area (Å²) in [5, 5.41) is 12.8. The minimum atomic E-state index is 0.152. The molecule has 0 amide bonds. The quantitative estimate of drug-likeness (QED) is 0.588. The summed E-state index contributed by atoms with van der Waals surface area (Å²) in [5.74, 6) is 2.62. The SMILES string of the molecule is C#Cc1ccc(Nc2ccccc2)c(O)c1. The molecule has 2 rings (SSSR count). The standard InChI is InChI=1S/C14H11NO/c1-2-11-8-9-13(14(16)10-11)15-12-6-4-3-5-7-12/h1,3-10,15-16H. The van der Waals surface area contributed by atoms with E-state index in [2.05, 4.69) is 11.2 Å². The van der Waals surface area contributed by atoms with E-state index in [0.717, 1.165) is 5.69 Å². The average Bonchev–Trinajstić information content (AvgIpc) is 2.33. The highest BCUT2D eigenvalue weighted by atomic mass is 16.3. The maximum atomic E-state index is 9.73. The molecule has 0 saturated carbocycles. The van der Waals surface area contributed by atoms with Crippen molar-refractivity contribution in [2.24, 2.45) is 0 Å². The molecule has 0 bridgehead atoms. The number of anilines is 2. The zero-order valence-corrected chi connectivity index (χ0v) is 8.64. The van der Waals surface area contributed by atoms with Gasteiger partial charge in [-0.1, -0.05) is 24.1 Å². The second-order valence-electron chi connectivity index (χ2n) is 3.37. The topological polar surface area (TPSA) is 32.3 Å². The van der Waals surface area contributed by atoms with Crippen LogP contribution >= 0.6 is 0 Å². The molecule has 0 unspecified atom stereocenters. The van der Waals surface area contributed by atoms with Gasteiger partial charge in [0, 0.05) is 11.3 Å². The molecule has 78 valence electrons. The molecule has 2 nitrogen and oxygen atoms in total. The maximum Gasteiger partial charge on any atom is 0.140 e. The number of hydrogen-bond donors (Lipinski definition) is 2. The van der Waals surface area contributed by atoms with Crippen LogP contribution in [0.4, 0.5) is 11.4 Å². The molecule has 0 fully saturated rings. The molecule has 16 heavy (non-hydrogen) atoms. The van der Waals surface area contributed by atoms with Crippen molar-refractivity contribution in [3.8, 4) is 18.1 Å². The zero-order chi connectivity index (χ0) is 11.4. The van der Waals surface area contributed by atoms with Gasteiger partial charge >= 0.3 is 0 Å². The van der Waals surface area contributed by atoms with Crippen LogP contribution in [0.5, 0.6) is 5.75 Å². The molecule has 0 aliphatic rings. The highest BCUT2D eigenvalue weighted by Gasteiger charge is 2.01. The largest absolute Gasteiger partial charge is 0.506 e. The van der Waals surface area contributed by atoms with E-state index in [1.54, 1.807) is 18.2 Å². The Bertz CT molecular complexity index is 526. The van der Waals surface area contributed by atoms with E-state index in [-0.39, 0.29) is 5.75 Å². The van der Waals surface area contributed by atoms with Crippen molar-refractivity contribution in [1.29, 1.82) is 0 Å². The van der Waals surface area contributed by atoms with Crippen LogP contribution in [0.2, 0.25) is 0 Å². The Morgan fingerprint density at radius 1 is 1.06 bits per heavy atom. The number of nitrogens with one attached hydrogen (secondary N) is 1. The molecule has 0 spiro atoms. The van der Waals surface area contributed by atoms with Crippen molar-refractivity contribution in [2.45, 2.75) is 0 Å². The Balaban J connectivity index is 2.27. The summed E-state index contributed by atoms with van der Waals surface area (Å²) in [4.78, 5) is 0. The summed E-state index contributed by atoms with van der Waals surface area (Å²) in [6, 6.07) is 14.7. The lowest BCUT2D eigenvalue weighted by Gasteiger charge is -2.08. The smallest absolute Gasteiger partial charge is 0.140 e. The van der Waals surface area contributed by atoms with E-state index in [0.29, 0.717) is 11.3 Å². The lowest BCUT2D eigenvalue weighted by atomic mass is 10.2. The van der Waals surface area contributed by atoms with E-state index in [9.17, 15) is 5.11 Å². The van der Waals surface area contributed by atoms with Crippen molar-refractivity contribution in [3.05, 3.63) is 54.1 Å². The molecule has 2 N–H and O–H groups in total. The Labute approximate surface area is 94.6 Å². The van der Waals surface area contributed by atoms with Gasteiger partial charge in [-0.3, -0.25) is 0 Å². The second kappa shape index (κ2) is 4.41. The van der Waals surface area contributed by atoms with Gasteiger partial charge in [0.05, 0.1) is 5.69 Å². The first-order chi connectivity index (χ1) is 7.79. The molecular weight excluding hydrogens is 198 g/mol. The van der Waals surface area contributed by atoms with Crippen LogP contribution < -0.4 is 5.32 Å². The first-order valence-corrected chi connectivity index (χ1v) is 4.91. The van der Waals surface area contributed by atoms with Crippen LogP contribution in [0.15, 0.2) is 48.5 Å². The number of para-hydroxylation sites is 1. The second-order valence-corrected chi connectivity index (χ2v) is 3.37. The Hall–Kier alpha value is -2.40. The van der Waals surface area contributed by atoms with Crippen LogP contribution in [-0.4, -0.2) is 5.11 Å². The molecule has 0 heterocycles. The summed E-state index contributed by atoms with van der Waals surface area (Å²) in [7, 11) is 0. The van der Waals surface area contributed by atoms with E-state index in [4.69, 9.17) is 6.42 Å². The molecule has 2 heteroatoms. The molecule has 2 aromatic carbocycles. The highest BCUT2D eigenvalue weighted by Crippen LogP contribution is 2.27. The summed E-state index contributed by atoms with van der Waals surface area (Å²) in [5.41, 5.74) is 2.23. The lowest BCUT2D eigenvalue weighted by Crippen LogP contribution is -1.90. The summed E-state index contributed by atoms with van der Waals surface area (Å²) in [6.45, 7) is 0. The molecular formula is C14H11NO. The lowest BCUT2D eigenvalue weighted by molar-refractivity contribution is 0.477. The number of aromatic hydroxyl groups is 1. The Morgan fingerprint density at radius 2 is 1.81 bits per heavy atom. The third-order valence-corrected chi connectivity index (χ3v) is 2.22. The van der Waals surface area contributed by atoms with Crippen LogP contribution in [-0.2, 0) is 0 Å². The van der Waals surface area contributed by atoms with Gasteiger partial charge < -0.3 is 10.4 Å². The predicted molar refractivity (Wildman–Crippen MR) is 65.8 cm³/mol. The summed E-state index contributed by atoms with van der Waals surface area (Å²) < 4.78 is 0. The fourth-order valence-electron chi connectivity index (χ4n) is 1.40. The first-order valence-electron chi connectivity index (χ1n) is 4.91. The average molecular weight is 209 g/mol. The van der Waals surface area contributed by atoms with Crippen molar-refractivity contribution in [3.63, 3.8) is 0 Å². The number of phenols is 1. The number of terminal acetylenes is 1. The van der Waals surface area contributed by atoms with Gasteiger partial charge in [-0.15, -0.1) is 6.42 Å². The third-order valence-electron chi connectivity index (χ3n) is 2.22. The fourth-order valence-corrected chi connectivity index (χ4v) is 1.40. The van der Waals surface area contributed by atoms with Crippen LogP contribution in [0.1, 0.15) is 5.56 Å². The molecule has 0 saturated heterocycles. The molecule has 0 radical (unpaired) electrons. The van der Waals surface area contributed by atoms with Gasteiger partial charge in [-0.25, -0.2) is 0 Å². The van der Waals surface area contributed by atoms with Gasteiger partial charge in [0.2, 0.25) is 0 Å².